The van der Waals surface area contributed by atoms with E-state index in [9.17, 15) is 4.79 Å². The average Bonchev–Trinajstić information content (AvgIpc) is 2.57. The monoisotopic (exact) mass is 274 g/mol. The van der Waals surface area contributed by atoms with Crippen LogP contribution in [0.25, 0.3) is 0 Å². The molecule has 0 saturated carbocycles. The van der Waals surface area contributed by atoms with E-state index in [2.05, 4.69) is 11.1 Å². The molecule has 0 spiro atoms. The number of H-pyrrole nitrogens is 1. The standard InChI is InChI=1S/C14H19BN2O3/c1-9(8-16)11-6-10(7-12(18)17-11)15-19-13(2,3)14(4,5)20-15/h6-7,9H,1-5H3,(H,17,18). The van der Waals surface area contributed by atoms with E-state index in [1.807, 2.05) is 27.7 Å². The summed E-state index contributed by atoms with van der Waals surface area (Å²) in [6.07, 6.45) is 0. The Kier molecular flexibility index (Phi) is 3.53. The molecule has 0 amide bonds. The number of nitriles is 1. The summed E-state index contributed by atoms with van der Waals surface area (Å²) in [6, 6.07) is 5.32. The second-order valence-electron chi connectivity index (χ2n) is 6.17. The van der Waals surface area contributed by atoms with Gasteiger partial charge in [-0.2, -0.15) is 5.26 Å². The molecule has 1 aliphatic heterocycles. The molecular formula is C14H19BN2O3. The molecule has 1 fully saturated rings. The Morgan fingerprint density at radius 2 is 1.80 bits per heavy atom. The second-order valence-corrected chi connectivity index (χ2v) is 6.17. The van der Waals surface area contributed by atoms with Crippen molar-refractivity contribution in [1.29, 1.82) is 5.26 Å². The summed E-state index contributed by atoms with van der Waals surface area (Å²) in [6.45, 7) is 9.56. The lowest BCUT2D eigenvalue weighted by atomic mass is 9.79. The lowest BCUT2D eigenvalue weighted by Gasteiger charge is -2.32. The quantitative estimate of drug-likeness (QED) is 0.825. The van der Waals surface area contributed by atoms with Crippen LogP contribution in [0.1, 0.15) is 46.2 Å². The maximum absolute atomic E-state index is 11.7. The summed E-state index contributed by atoms with van der Waals surface area (Å²) >= 11 is 0. The molecule has 20 heavy (non-hydrogen) atoms. The minimum absolute atomic E-state index is 0.255. The van der Waals surface area contributed by atoms with Gasteiger partial charge in [0.25, 0.3) is 0 Å². The first-order valence-electron chi connectivity index (χ1n) is 6.66. The van der Waals surface area contributed by atoms with Crippen LogP contribution in [-0.4, -0.2) is 23.3 Å². The van der Waals surface area contributed by atoms with E-state index >= 15 is 0 Å². The van der Waals surface area contributed by atoms with Gasteiger partial charge in [-0.1, -0.05) is 0 Å². The third kappa shape index (κ3) is 2.51. The first-order chi connectivity index (χ1) is 9.16. The zero-order valence-corrected chi connectivity index (χ0v) is 12.5. The van der Waals surface area contributed by atoms with Crippen molar-refractivity contribution in [2.45, 2.75) is 51.7 Å². The molecule has 2 rings (SSSR count). The molecule has 106 valence electrons. The number of rotatable bonds is 2. The Balaban J connectivity index is 2.39. The number of hydrogen-bond acceptors (Lipinski definition) is 4. The van der Waals surface area contributed by atoms with E-state index in [0.717, 1.165) is 0 Å². The minimum Gasteiger partial charge on any atom is -0.399 e. The van der Waals surface area contributed by atoms with Gasteiger partial charge in [0.1, 0.15) is 0 Å². The molecule has 0 radical (unpaired) electrons. The predicted molar refractivity (Wildman–Crippen MR) is 76.8 cm³/mol. The van der Waals surface area contributed by atoms with Gasteiger partial charge in [-0.25, -0.2) is 0 Å². The molecule has 0 bridgehead atoms. The first kappa shape index (κ1) is 14.8. The van der Waals surface area contributed by atoms with Crippen molar-refractivity contribution in [3.05, 3.63) is 28.2 Å². The molecule has 0 aromatic carbocycles. The fourth-order valence-corrected chi connectivity index (χ4v) is 2.01. The Morgan fingerprint density at radius 1 is 1.25 bits per heavy atom. The Labute approximate surface area is 119 Å². The second kappa shape index (κ2) is 4.76. The van der Waals surface area contributed by atoms with E-state index < -0.39 is 18.3 Å². The fraction of sp³-hybridized carbons (Fsp3) is 0.571. The molecule has 1 aromatic heterocycles. The van der Waals surface area contributed by atoms with Crippen LogP contribution < -0.4 is 11.0 Å². The Bertz CT molecular complexity index is 600. The molecular weight excluding hydrogens is 255 g/mol. The normalized spacial score (nSPS) is 21.5. The van der Waals surface area contributed by atoms with Gasteiger partial charge >= 0.3 is 7.12 Å². The molecule has 1 saturated heterocycles. The molecule has 1 aliphatic rings. The van der Waals surface area contributed by atoms with Gasteiger partial charge in [0.2, 0.25) is 5.56 Å². The van der Waals surface area contributed by atoms with Crippen LogP contribution in [0.2, 0.25) is 0 Å². The van der Waals surface area contributed by atoms with Crippen LogP contribution in [0.4, 0.5) is 0 Å². The summed E-state index contributed by atoms with van der Waals surface area (Å²) in [5.41, 5.74) is 0.0475. The SMILES string of the molecule is CC(C#N)c1cc(B2OC(C)(C)C(C)(C)O2)cc(=O)[nH]1. The van der Waals surface area contributed by atoms with E-state index in [4.69, 9.17) is 14.6 Å². The van der Waals surface area contributed by atoms with E-state index in [-0.39, 0.29) is 11.5 Å². The van der Waals surface area contributed by atoms with Crippen LogP contribution in [0.15, 0.2) is 16.9 Å². The van der Waals surface area contributed by atoms with Crippen molar-refractivity contribution in [1.82, 2.24) is 4.98 Å². The average molecular weight is 274 g/mol. The number of pyridine rings is 1. The molecule has 1 atom stereocenters. The molecule has 2 heterocycles. The highest BCUT2D eigenvalue weighted by molar-refractivity contribution is 6.62. The minimum atomic E-state index is -0.591. The van der Waals surface area contributed by atoms with Crippen LogP contribution in [0.5, 0.6) is 0 Å². The number of nitrogens with one attached hydrogen (secondary N) is 1. The van der Waals surface area contributed by atoms with Gasteiger partial charge in [-0.3, -0.25) is 4.79 Å². The summed E-state index contributed by atoms with van der Waals surface area (Å²) in [4.78, 5) is 14.4. The first-order valence-corrected chi connectivity index (χ1v) is 6.66. The lowest BCUT2D eigenvalue weighted by Crippen LogP contribution is -2.41. The maximum atomic E-state index is 11.7. The number of hydrogen-bond donors (Lipinski definition) is 1. The topological polar surface area (TPSA) is 75.1 Å². The summed E-state index contributed by atoms with van der Waals surface area (Å²) in [5.74, 6) is -0.384. The van der Waals surface area contributed by atoms with Gasteiger partial charge in [0.05, 0.1) is 23.2 Å². The van der Waals surface area contributed by atoms with Crippen LogP contribution >= 0.6 is 0 Å². The van der Waals surface area contributed by atoms with Gasteiger partial charge in [0, 0.05) is 11.8 Å². The number of aromatic nitrogens is 1. The highest BCUT2D eigenvalue weighted by atomic mass is 16.7. The van der Waals surface area contributed by atoms with Crippen molar-refractivity contribution in [3.63, 3.8) is 0 Å². The zero-order chi connectivity index (χ0) is 15.1. The van der Waals surface area contributed by atoms with Crippen molar-refractivity contribution >= 4 is 12.6 Å². The fourth-order valence-electron chi connectivity index (χ4n) is 2.01. The Morgan fingerprint density at radius 3 is 2.30 bits per heavy atom. The third-order valence-electron chi connectivity index (χ3n) is 4.07. The van der Waals surface area contributed by atoms with Crippen molar-refractivity contribution < 1.29 is 9.31 Å². The molecule has 6 heteroatoms. The zero-order valence-electron chi connectivity index (χ0n) is 12.5. The summed E-state index contributed by atoms with van der Waals surface area (Å²) in [7, 11) is -0.591. The third-order valence-corrected chi connectivity index (χ3v) is 4.07. The lowest BCUT2D eigenvalue weighted by molar-refractivity contribution is 0.00578. The number of nitrogens with zero attached hydrogens (tertiary/aromatic N) is 1. The number of aromatic amines is 1. The molecule has 0 aliphatic carbocycles. The van der Waals surface area contributed by atoms with Crippen molar-refractivity contribution in [2.24, 2.45) is 0 Å². The van der Waals surface area contributed by atoms with Gasteiger partial charge < -0.3 is 14.3 Å². The smallest absolute Gasteiger partial charge is 0.399 e. The largest absolute Gasteiger partial charge is 0.495 e. The van der Waals surface area contributed by atoms with Crippen LogP contribution in [0, 0.1) is 11.3 Å². The molecule has 1 unspecified atom stereocenters. The highest BCUT2D eigenvalue weighted by Gasteiger charge is 2.51. The van der Waals surface area contributed by atoms with E-state index in [0.29, 0.717) is 11.2 Å². The van der Waals surface area contributed by atoms with E-state index in [1.54, 1.807) is 13.0 Å². The van der Waals surface area contributed by atoms with Crippen molar-refractivity contribution in [2.75, 3.05) is 0 Å². The van der Waals surface area contributed by atoms with Gasteiger partial charge in [-0.05, 0) is 46.1 Å². The predicted octanol–water partition coefficient (Wildman–Crippen LogP) is 1.30. The highest BCUT2D eigenvalue weighted by Crippen LogP contribution is 2.36. The summed E-state index contributed by atoms with van der Waals surface area (Å²) in [5, 5.41) is 8.97. The van der Waals surface area contributed by atoms with Gasteiger partial charge in [0.15, 0.2) is 0 Å². The van der Waals surface area contributed by atoms with Gasteiger partial charge in [-0.15, -0.1) is 0 Å². The molecule has 1 aromatic rings. The summed E-state index contributed by atoms with van der Waals surface area (Å²) < 4.78 is 11.8. The van der Waals surface area contributed by atoms with E-state index in [1.165, 1.54) is 6.07 Å². The van der Waals surface area contributed by atoms with Crippen LogP contribution in [0.3, 0.4) is 0 Å². The maximum Gasteiger partial charge on any atom is 0.495 e. The van der Waals surface area contributed by atoms with Crippen LogP contribution in [-0.2, 0) is 9.31 Å². The molecule has 1 N–H and O–H groups in total. The Hall–Kier alpha value is -1.58. The van der Waals surface area contributed by atoms with Crippen molar-refractivity contribution in [3.8, 4) is 6.07 Å². The molecule has 5 nitrogen and oxygen atoms in total.